The van der Waals surface area contributed by atoms with Gasteiger partial charge in [0, 0.05) is 6.54 Å². The minimum atomic E-state index is -1.66. The molecule has 5 nitrogen and oxygen atoms in total. The Balaban J connectivity index is 0.00000264. The normalized spacial score (nSPS) is 17.1. The summed E-state index contributed by atoms with van der Waals surface area (Å²) in [6, 6.07) is 1.62. The second-order valence-electron chi connectivity index (χ2n) is 5.03. The van der Waals surface area contributed by atoms with E-state index in [-0.39, 0.29) is 30.8 Å². The Kier molecular flexibility index (Phi) is 7.31. The smallest absolute Gasteiger partial charge is 0.243 e. The van der Waals surface area contributed by atoms with Gasteiger partial charge < -0.3 is 16.0 Å². The van der Waals surface area contributed by atoms with Gasteiger partial charge in [-0.05, 0) is 31.5 Å². The second kappa shape index (κ2) is 8.73. The van der Waals surface area contributed by atoms with Crippen LogP contribution in [-0.4, -0.2) is 31.4 Å². The van der Waals surface area contributed by atoms with Crippen molar-refractivity contribution < 1.29 is 22.8 Å². The Morgan fingerprint density at radius 3 is 2.61 bits per heavy atom. The molecule has 1 atom stereocenters. The van der Waals surface area contributed by atoms with Crippen LogP contribution < -0.4 is 16.0 Å². The first kappa shape index (κ1) is 19.2. The molecule has 1 aliphatic heterocycles. The highest BCUT2D eigenvalue weighted by Crippen LogP contribution is 2.19. The fraction of sp³-hybridized carbons (Fsp3) is 0.429. The molecule has 2 rings (SSSR count). The molecule has 0 aromatic heterocycles. The van der Waals surface area contributed by atoms with Crippen molar-refractivity contribution in [3.63, 3.8) is 0 Å². The SMILES string of the molecule is Cl.O=C(CNC(=O)C1CCCNC1)Nc1ccc(F)c(F)c1F. The molecule has 1 heterocycles. The van der Waals surface area contributed by atoms with E-state index in [9.17, 15) is 22.8 Å². The van der Waals surface area contributed by atoms with Crippen molar-refractivity contribution in [2.75, 3.05) is 25.0 Å². The largest absolute Gasteiger partial charge is 0.347 e. The van der Waals surface area contributed by atoms with E-state index in [0.29, 0.717) is 12.6 Å². The molecule has 0 radical (unpaired) electrons. The molecular weight excluding hydrogens is 335 g/mol. The summed E-state index contributed by atoms with van der Waals surface area (Å²) in [6.45, 7) is 1.04. The third kappa shape index (κ3) is 5.11. The Morgan fingerprint density at radius 1 is 1.22 bits per heavy atom. The van der Waals surface area contributed by atoms with Crippen molar-refractivity contribution in [2.24, 2.45) is 5.92 Å². The zero-order chi connectivity index (χ0) is 16.1. The van der Waals surface area contributed by atoms with Crippen molar-refractivity contribution in [1.82, 2.24) is 10.6 Å². The molecule has 1 aliphatic rings. The van der Waals surface area contributed by atoms with Gasteiger partial charge in [-0.3, -0.25) is 9.59 Å². The first-order valence-electron chi connectivity index (χ1n) is 6.91. The van der Waals surface area contributed by atoms with Crippen molar-refractivity contribution in [3.8, 4) is 0 Å². The summed E-state index contributed by atoms with van der Waals surface area (Å²) in [5.74, 6) is -5.67. The van der Waals surface area contributed by atoms with E-state index in [0.717, 1.165) is 25.5 Å². The van der Waals surface area contributed by atoms with Gasteiger partial charge in [0.15, 0.2) is 17.5 Å². The molecule has 0 bridgehead atoms. The zero-order valence-electron chi connectivity index (χ0n) is 12.1. The highest BCUT2D eigenvalue weighted by atomic mass is 35.5. The van der Waals surface area contributed by atoms with Gasteiger partial charge in [0.1, 0.15) is 0 Å². The second-order valence-corrected chi connectivity index (χ2v) is 5.03. The minimum Gasteiger partial charge on any atom is -0.347 e. The van der Waals surface area contributed by atoms with Crippen LogP contribution in [0.3, 0.4) is 0 Å². The number of hydrogen-bond acceptors (Lipinski definition) is 3. The lowest BCUT2D eigenvalue weighted by atomic mass is 9.99. The quantitative estimate of drug-likeness (QED) is 0.721. The predicted octanol–water partition coefficient (Wildman–Crippen LogP) is 1.58. The average Bonchev–Trinajstić information content (AvgIpc) is 2.54. The molecule has 0 aliphatic carbocycles. The highest BCUT2D eigenvalue weighted by Gasteiger charge is 2.21. The third-order valence-corrected chi connectivity index (χ3v) is 3.40. The van der Waals surface area contributed by atoms with Crippen LogP contribution in [0.5, 0.6) is 0 Å². The maximum absolute atomic E-state index is 13.4. The average molecular weight is 352 g/mol. The van der Waals surface area contributed by atoms with Gasteiger partial charge in [-0.2, -0.15) is 0 Å². The molecular formula is C14H17ClF3N3O2. The summed E-state index contributed by atoms with van der Waals surface area (Å²) >= 11 is 0. The summed E-state index contributed by atoms with van der Waals surface area (Å²) < 4.78 is 39.2. The number of halogens is 4. The fourth-order valence-corrected chi connectivity index (χ4v) is 2.20. The standard InChI is InChI=1S/C14H16F3N3O2.ClH/c15-9-3-4-10(13(17)12(9)16)20-11(21)7-19-14(22)8-2-1-5-18-6-8;/h3-4,8,18H,1-2,5-7H2,(H,19,22)(H,20,21);1H. The number of hydrogen-bond donors (Lipinski definition) is 3. The molecule has 1 unspecified atom stereocenters. The molecule has 1 aromatic carbocycles. The number of benzene rings is 1. The van der Waals surface area contributed by atoms with Gasteiger partial charge >= 0.3 is 0 Å². The number of piperidine rings is 1. The topological polar surface area (TPSA) is 70.2 Å². The van der Waals surface area contributed by atoms with Gasteiger partial charge in [-0.15, -0.1) is 12.4 Å². The van der Waals surface area contributed by atoms with Crippen LogP contribution in [0.25, 0.3) is 0 Å². The number of amides is 2. The van der Waals surface area contributed by atoms with Crippen LogP contribution in [0.4, 0.5) is 18.9 Å². The van der Waals surface area contributed by atoms with E-state index in [1.54, 1.807) is 0 Å². The van der Waals surface area contributed by atoms with E-state index in [1.807, 2.05) is 0 Å². The molecule has 1 saturated heterocycles. The third-order valence-electron chi connectivity index (χ3n) is 3.40. The van der Waals surface area contributed by atoms with Gasteiger partial charge in [-0.25, -0.2) is 13.2 Å². The Bertz CT molecular complexity index is 581. The summed E-state index contributed by atoms with van der Waals surface area (Å²) in [5.41, 5.74) is -0.475. The lowest BCUT2D eigenvalue weighted by Gasteiger charge is -2.21. The lowest BCUT2D eigenvalue weighted by molar-refractivity contribution is -0.127. The van der Waals surface area contributed by atoms with Crippen molar-refractivity contribution in [3.05, 3.63) is 29.6 Å². The monoisotopic (exact) mass is 351 g/mol. The Labute approximate surface area is 137 Å². The molecule has 128 valence electrons. The minimum absolute atomic E-state index is 0. The number of anilines is 1. The molecule has 23 heavy (non-hydrogen) atoms. The molecule has 2 amide bonds. The highest BCUT2D eigenvalue weighted by molar-refractivity contribution is 5.94. The maximum Gasteiger partial charge on any atom is 0.243 e. The number of carbonyl (C=O) groups is 2. The molecule has 1 fully saturated rings. The zero-order valence-corrected chi connectivity index (χ0v) is 12.9. The van der Waals surface area contributed by atoms with Crippen LogP contribution in [-0.2, 0) is 9.59 Å². The van der Waals surface area contributed by atoms with Gasteiger partial charge in [0.25, 0.3) is 0 Å². The summed E-state index contributed by atoms with van der Waals surface area (Å²) in [5, 5.41) is 7.60. The van der Waals surface area contributed by atoms with Crippen molar-refractivity contribution in [2.45, 2.75) is 12.8 Å². The van der Waals surface area contributed by atoms with Gasteiger partial charge in [0.2, 0.25) is 11.8 Å². The number of carbonyl (C=O) groups excluding carboxylic acids is 2. The predicted molar refractivity (Wildman–Crippen MR) is 80.8 cm³/mol. The molecule has 1 aromatic rings. The summed E-state index contributed by atoms with van der Waals surface area (Å²) in [6.07, 6.45) is 1.61. The fourth-order valence-electron chi connectivity index (χ4n) is 2.20. The Hall–Kier alpha value is -1.80. The molecule has 0 spiro atoms. The van der Waals surface area contributed by atoms with Gasteiger partial charge in [-0.1, -0.05) is 0 Å². The van der Waals surface area contributed by atoms with Crippen LogP contribution in [0.15, 0.2) is 12.1 Å². The van der Waals surface area contributed by atoms with Crippen LogP contribution >= 0.6 is 12.4 Å². The summed E-state index contributed by atoms with van der Waals surface area (Å²) in [4.78, 5) is 23.4. The van der Waals surface area contributed by atoms with Crippen LogP contribution in [0.1, 0.15) is 12.8 Å². The van der Waals surface area contributed by atoms with Crippen LogP contribution in [0.2, 0.25) is 0 Å². The van der Waals surface area contributed by atoms with Crippen molar-refractivity contribution >= 4 is 29.9 Å². The molecule has 3 N–H and O–H groups in total. The van der Waals surface area contributed by atoms with Crippen LogP contribution in [0, 0.1) is 23.4 Å². The number of nitrogens with one attached hydrogen (secondary N) is 3. The van der Waals surface area contributed by atoms with E-state index in [1.165, 1.54) is 0 Å². The number of rotatable bonds is 4. The maximum atomic E-state index is 13.4. The van der Waals surface area contributed by atoms with E-state index < -0.39 is 29.0 Å². The first-order valence-corrected chi connectivity index (χ1v) is 6.91. The summed E-state index contributed by atoms with van der Waals surface area (Å²) in [7, 11) is 0. The first-order chi connectivity index (χ1) is 10.5. The van der Waals surface area contributed by atoms with Crippen molar-refractivity contribution in [1.29, 1.82) is 0 Å². The Morgan fingerprint density at radius 2 is 1.96 bits per heavy atom. The van der Waals surface area contributed by atoms with Gasteiger partial charge in [0.05, 0.1) is 18.2 Å². The molecule has 0 saturated carbocycles. The van der Waals surface area contributed by atoms with E-state index >= 15 is 0 Å². The lowest BCUT2D eigenvalue weighted by Crippen LogP contribution is -2.43. The molecule has 9 heteroatoms. The van der Waals surface area contributed by atoms with E-state index in [2.05, 4.69) is 16.0 Å². The van der Waals surface area contributed by atoms with E-state index in [4.69, 9.17) is 0 Å².